The minimum atomic E-state index is -0.750. The van der Waals surface area contributed by atoms with Gasteiger partial charge in [0.05, 0.1) is 5.52 Å². The minimum Gasteiger partial charge on any atom is -0.434 e. The lowest BCUT2D eigenvalue weighted by atomic mass is 10.1. The summed E-state index contributed by atoms with van der Waals surface area (Å²) >= 11 is 0. The zero-order valence-corrected chi connectivity index (χ0v) is 20.1. The van der Waals surface area contributed by atoms with Gasteiger partial charge < -0.3 is 25.3 Å². The van der Waals surface area contributed by atoms with Gasteiger partial charge in [-0.15, -0.1) is 0 Å². The molecule has 1 fully saturated rings. The van der Waals surface area contributed by atoms with Gasteiger partial charge in [0.1, 0.15) is 12.4 Å². The highest BCUT2D eigenvalue weighted by molar-refractivity contribution is 5.83. The van der Waals surface area contributed by atoms with Crippen molar-refractivity contribution in [2.75, 3.05) is 23.3 Å². The summed E-state index contributed by atoms with van der Waals surface area (Å²) in [6, 6.07) is 13.0. The molecule has 1 saturated heterocycles. The van der Waals surface area contributed by atoms with Crippen LogP contribution in [0, 0.1) is 29.9 Å². The maximum Gasteiger partial charge on any atom is 0.242 e. The van der Waals surface area contributed by atoms with Crippen molar-refractivity contribution in [3.8, 4) is 17.7 Å². The number of ether oxygens (including phenoxy) is 1. The third-order valence-corrected chi connectivity index (χ3v) is 6.29. The number of nitriles is 1. The van der Waals surface area contributed by atoms with E-state index in [0.717, 1.165) is 24.8 Å². The van der Waals surface area contributed by atoms with E-state index < -0.39 is 11.6 Å². The van der Waals surface area contributed by atoms with Crippen molar-refractivity contribution in [2.45, 2.75) is 32.9 Å². The van der Waals surface area contributed by atoms with E-state index in [4.69, 9.17) is 4.74 Å². The first kappa shape index (κ1) is 23.5. The largest absolute Gasteiger partial charge is 0.434 e. The molecule has 3 N–H and O–H groups in total. The summed E-state index contributed by atoms with van der Waals surface area (Å²) in [5.74, 6) is -1.78. The number of nitrogens with zero attached hydrogens (tertiary/aromatic N) is 4. The highest BCUT2D eigenvalue weighted by atomic mass is 19.1. The molecule has 4 aromatic rings. The van der Waals surface area contributed by atoms with E-state index >= 15 is 4.39 Å². The average molecular weight is 490 g/mol. The molecule has 1 aliphatic rings. The molecule has 0 radical (unpaired) electrons. The summed E-state index contributed by atoms with van der Waals surface area (Å²) in [6.45, 7) is 7.90. The lowest BCUT2D eigenvalue weighted by molar-refractivity contribution is 0.424. The van der Waals surface area contributed by atoms with Gasteiger partial charge in [0, 0.05) is 53.7 Å². The van der Waals surface area contributed by atoms with E-state index in [2.05, 4.69) is 44.3 Å². The monoisotopic (exact) mass is 489 g/mol. The van der Waals surface area contributed by atoms with Gasteiger partial charge in [0.25, 0.3) is 0 Å². The molecule has 3 heterocycles. The number of halogens is 2. The molecular weight excluding hydrogens is 464 g/mol. The molecule has 184 valence electrons. The van der Waals surface area contributed by atoms with Crippen LogP contribution in [0.2, 0.25) is 0 Å². The number of fused-ring (bicyclic) bond motifs is 1. The molecule has 8 nitrogen and oxygen atoms in total. The molecule has 1 aliphatic heterocycles. The number of aromatic nitrogens is 3. The summed E-state index contributed by atoms with van der Waals surface area (Å²) in [5, 5.41) is 16.4. The number of nitrogens with one attached hydrogen (secondary N) is 3. The topological polar surface area (TPSA) is 102 Å². The molecule has 36 heavy (non-hydrogen) atoms. The van der Waals surface area contributed by atoms with Crippen LogP contribution in [0.15, 0.2) is 42.7 Å². The number of aromatic amines is 1. The molecule has 0 saturated carbocycles. The smallest absolute Gasteiger partial charge is 0.242 e. The number of piperazine rings is 1. The predicted octanol–water partition coefficient (Wildman–Crippen LogP) is 5.14. The minimum absolute atomic E-state index is 0.0314. The fourth-order valence-corrected chi connectivity index (χ4v) is 4.65. The number of H-pyrrole nitrogens is 1. The van der Waals surface area contributed by atoms with Crippen molar-refractivity contribution in [3.63, 3.8) is 0 Å². The van der Waals surface area contributed by atoms with Crippen LogP contribution < -0.4 is 20.3 Å². The van der Waals surface area contributed by atoms with Gasteiger partial charge in [-0.05, 0) is 51.1 Å². The Morgan fingerprint density at radius 1 is 1.11 bits per heavy atom. The van der Waals surface area contributed by atoms with E-state index in [-0.39, 0.29) is 33.9 Å². The average Bonchev–Trinajstić information content (AvgIpc) is 3.26. The number of hydrogen-bond donors (Lipinski definition) is 3. The maximum atomic E-state index is 15.0. The normalized spacial score (nSPS) is 17.7. The quantitative estimate of drug-likeness (QED) is 0.357. The SMILES string of the molecule is Cc1cc2c(F)c(Oc3ncnc(Nc4ccc(N5[C@H](C)CNC[C@@H]5C)cc4)c3C#N)cc(F)c2[nH]1. The van der Waals surface area contributed by atoms with Crippen LogP contribution in [0.25, 0.3) is 10.9 Å². The zero-order valence-electron chi connectivity index (χ0n) is 20.1. The summed E-state index contributed by atoms with van der Waals surface area (Å²) in [7, 11) is 0. The summed E-state index contributed by atoms with van der Waals surface area (Å²) in [6.07, 6.45) is 1.20. The van der Waals surface area contributed by atoms with Crippen molar-refractivity contribution >= 4 is 28.1 Å². The molecule has 10 heteroatoms. The molecule has 0 unspecified atom stereocenters. The van der Waals surface area contributed by atoms with Gasteiger partial charge in [-0.1, -0.05) is 0 Å². The zero-order chi connectivity index (χ0) is 25.4. The van der Waals surface area contributed by atoms with E-state index in [9.17, 15) is 9.65 Å². The second-order valence-electron chi connectivity index (χ2n) is 8.96. The third kappa shape index (κ3) is 4.29. The molecule has 2 aromatic heterocycles. The summed E-state index contributed by atoms with van der Waals surface area (Å²) in [4.78, 5) is 13.3. The first-order valence-electron chi connectivity index (χ1n) is 11.6. The lowest BCUT2D eigenvalue weighted by Gasteiger charge is -2.41. The number of hydrogen-bond acceptors (Lipinski definition) is 7. The van der Waals surface area contributed by atoms with Gasteiger partial charge in [0.2, 0.25) is 5.88 Å². The number of rotatable bonds is 5. The van der Waals surface area contributed by atoms with E-state index in [1.165, 1.54) is 12.4 Å². The van der Waals surface area contributed by atoms with Crippen LogP contribution in [0.1, 0.15) is 25.1 Å². The Morgan fingerprint density at radius 2 is 1.83 bits per heavy atom. The van der Waals surface area contributed by atoms with Crippen molar-refractivity contribution in [1.29, 1.82) is 5.26 Å². The van der Waals surface area contributed by atoms with Gasteiger partial charge >= 0.3 is 0 Å². The predicted molar refractivity (Wildman–Crippen MR) is 134 cm³/mol. The van der Waals surface area contributed by atoms with Crippen molar-refractivity contribution in [1.82, 2.24) is 20.3 Å². The summed E-state index contributed by atoms with van der Waals surface area (Å²) in [5.41, 5.74) is 2.43. The lowest BCUT2D eigenvalue weighted by Crippen LogP contribution is -2.55. The standard InChI is InChI=1S/C26H25F2N7O/c1-14-8-19-23(28)22(9-21(27)24(19)33-14)36-26-20(10-29)25(31-13-32-26)34-17-4-6-18(7-5-17)35-15(2)11-30-12-16(35)3/h4-9,13,15-16,30,33H,11-12H2,1-3H3,(H,31,32,34)/t15-,16+. The fraction of sp³-hybridized carbons (Fsp3) is 0.269. The Morgan fingerprint density at radius 3 is 2.53 bits per heavy atom. The first-order chi connectivity index (χ1) is 17.4. The van der Waals surface area contributed by atoms with Crippen molar-refractivity contribution in [3.05, 3.63) is 65.6 Å². The Hall–Kier alpha value is -4.23. The van der Waals surface area contributed by atoms with Crippen LogP contribution in [0.4, 0.5) is 26.0 Å². The Bertz CT molecular complexity index is 1450. The molecule has 2 aromatic carbocycles. The van der Waals surface area contributed by atoms with Crippen LogP contribution in [-0.4, -0.2) is 40.1 Å². The third-order valence-electron chi connectivity index (χ3n) is 6.29. The van der Waals surface area contributed by atoms with Crippen molar-refractivity contribution in [2.24, 2.45) is 0 Å². The van der Waals surface area contributed by atoms with E-state index in [0.29, 0.717) is 23.5 Å². The molecule has 0 amide bonds. The van der Waals surface area contributed by atoms with Crippen LogP contribution in [0.5, 0.6) is 11.6 Å². The fourth-order valence-electron chi connectivity index (χ4n) is 4.65. The maximum absolute atomic E-state index is 15.0. The molecule has 5 rings (SSSR count). The van der Waals surface area contributed by atoms with Gasteiger partial charge in [-0.2, -0.15) is 5.26 Å². The number of benzene rings is 2. The van der Waals surface area contributed by atoms with Gasteiger partial charge in [-0.25, -0.2) is 18.7 Å². The number of aryl methyl sites for hydroxylation is 1. The van der Waals surface area contributed by atoms with Gasteiger partial charge in [0.15, 0.2) is 28.8 Å². The molecular formula is C26H25F2N7O. The number of anilines is 3. The second kappa shape index (κ2) is 9.43. The highest BCUT2D eigenvalue weighted by Gasteiger charge is 2.25. The molecule has 0 spiro atoms. The van der Waals surface area contributed by atoms with Crippen LogP contribution in [0.3, 0.4) is 0 Å². The Labute approximate surface area is 206 Å². The Balaban J connectivity index is 1.41. The van der Waals surface area contributed by atoms with E-state index in [1.807, 2.05) is 30.3 Å². The Kier molecular flexibility index (Phi) is 6.16. The van der Waals surface area contributed by atoms with Crippen LogP contribution >= 0.6 is 0 Å². The molecule has 0 bridgehead atoms. The van der Waals surface area contributed by atoms with E-state index in [1.54, 1.807) is 6.92 Å². The molecule has 2 atom stereocenters. The highest BCUT2D eigenvalue weighted by Crippen LogP contribution is 2.34. The summed E-state index contributed by atoms with van der Waals surface area (Å²) < 4.78 is 35.1. The molecule has 0 aliphatic carbocycles. The van der Waals surface area contributed by atoms with Crippen LogP contribution in [-0.2, 0) is 0 Å². The van der Waals surface area contributed by atoms with Gasteiger partial charge in [-0.3, -0.25) is 0 Å². The first-order valence-corrected chi connectivity index (χ1v) is 11.6. The van der Waals surface area contributed by atoms with Crippen molar-refractivity contribution < 1.29 is 13.5 Å². The second-order valence-corrected chi connectivity index (χ2v) is 8.96.